The largest absolute Gasteiger partial charge is 0.285 e. The molecule has 23 heavy (non-hydrogen) atoms. The maximum Gasteiger partial charge on any atom is 0.135 e. The molecule has 4 nitrogen and oxygen atoms in total. The Morgan fingerprint density at radius 1 is 1.00 bits per heavy atom. The van der Waals surface area contributed by atoms with Crippen LogP contribution in [-0.2, 0) is 0 Å². The van der Waals surface area contributed by atoms with Gasteiger partial charge in [-0.2, -0.15) is 0 Å². The van der Waals surface area contributed by atoms with Crippen molar-refractivity contribution in [2.75, 3.05) is 0 Å². The van der Waals surface area contributed by atoms with Crippen LogP contribution < -0.4 is 0 Å². The second kappa shape index (κ2) is 5.59. The third kappa shape index (κ3) is 3.14. The summed E-state index contributed by atoms with van der Waals surface area (Å²) in [5, 5.41) is 10.4. The molecule has 0 saturated carbocycles. The molecular formula is C18H18FN3O. The molecular weight excluding hydrogens is 293 g/mol. The summed E-state index contributed by atoms with van der Waals surface area (Å²) >= 11 is 0. The molecule has 2 heterocycles. The number of rotatable bonds is 1. The van der Waals surface area contributed by atoms with Crippen molar-refractivity contribution in [3.05, 3.63) is 71.5 Å². The Labute approximate surface area is 134 Å². The number of hydrogen-bond donors (Lipinski definition) is 1. The maximum absolute atomic E-state index is 13.2. The molecule has 1 aromatic carbocycles. The van der Waals surface area contributed by atoms with E-state index in [1.807, 2.05) is 20.8 Å². The maximum atomic E-state index is 13.2. The molecule has 0 saturated heterocycles. The van der Waals surface area contributed by atoms with Crippen LogP contribution in [0.4, 0.5) is 4.39 Å². The Morgan fingerprint density at radius 2 is 1.61 bits per heavy atom. The second-order valence-electron chi connectivity index (χ2n) is 6.47. The molecule has 0 aromatic heterocycles. The zero-order valence-corrected chi connectivity index (χ0v) is 13.3. The zero-order valence-electron chi connectivity index (χ0n) is 13.3. The third-order valence-corrected chi connectivity index (χ3v) is 3.54. The van der Waals surface area contributed by atoms with E-state index < -0.39 is 0 Å². The normalized spacial score (nSPS) is 17.7. The van der Waals surface area contributed by atoms with Crippen LogP contribution in [0.1, 0.15) is 26.3 Å². The van der Waals surface area contributed by atoms with Crippen molar-refractivity contribution in [1.82, 2.24) is 5.06 Å². The van der Waals surface area contributed by atoms with Crippen molar-refractivity contribution >= 4 is 11.5 Å². The Morgan fingerprint density at radius 3 is 2.17 bits per heavy atom. The summed E-state index contributed by atoms with van der Waals surface area (Å²) in [6.45, 7) is 6.15. The monoisotopic (exact) mass is 311 g/mol. The molecule has 0 unspecified atom stereocenters. The molecule has 0 atom stereocenters. The first kappa shape index (κ1) is 15.4. The van der Waals surface area contributed by atoms with E-state index in [1.165, 1.54) is 24.5 Å². The predicted octanol–water partition coefficient (Wildman–Crippen LogP) is 4.06. The molecule has 5 heteroatoms. The molecule has 0 fully saturated rings. The van der Waals surface area contributed by atoms with Crippen molar-refractivity contribution in [1.29, 1.82) is 0 Å². The summed E-state index contributed by atoms with van der Waals surface area (Å²) in [4.78, 5) is 9.36. The number of nitrogens with zero attached hydrogens (tertiary/aromatic N) is 3. The standard InChI is InChI=1S/C18H18FN3O/c1-18(2,3)17-20-15(12-4-6-14(19)7-5-12)16(21-17)13-8-10-22(23)11-9-13/h4-11,23H,1-3H3. The molecule has 2 aliphatic rings. The average Bonchev–Trinajstić information content (AvgIpc) is 2.94. The number of halogens is 1. The van der Waals surface area contributed by atoms with Gasteiger partial charge in [0.15, 0.2) is 0 Å². The lowest BCUT2D eigenvalue weighted by Gasteiger charge is -2.14. The van der Waals surface area contributed by atoms with E-state index in [-0.39, 0.29) is 11.2 Å². The number of benzene rings is 1. The fourth-order valence-corrected chi connectivity index (χ4v) is 2.26. The van der Waals surface area contributed by atoms with Crippen LogP contribution in [0.15, 0.2) is 70.1 Å². The molecule has 0 aliphatic carbocycles. The highest BCUT2D eigenvalue weighted by Crippen LogP contribution is 2.29. The highest BCUT2D eigenvalue weighted by Gasteiger charge is 2.28. The minimum atomic E-state index is -0.285. The first-order valence-electron chi connectivity index (χ1n) is 7.37. The number of hydrogen-bond acceptors (Lipinski definition) is 4. The van der Waals surface area contributed by atoms with E-state index in [1.54, 1.807) is 24.3 Å². The number of allylic oxidation sites excluding steroid dienone is 4. The molecule has 0 radical (unpaired) electrons. The summed E-state index contributed by atoms with van der Waals surface area (Å²) in [6, 6.07) is 6.23. The SMILES string of the molecule is CC(C)(C)C1=NC(=C2C=CN(O)C=C2)C(c2ccc(F)cc2)=N1. The molecule has 118 valence electrons. The van der Waals surface area contributed by atoms with Gasteiger partial charge in [0.2, 0.25) is 0 Å². The summed E-state index contributed by atoms with van der Waals surface area (Å²) in [5.74, 6) is 0.444. The van der Waals surface area contributed by atoms with Crippen molar-refractivity contribution in [2.45, 2.75) is 20.8 Å². The molecule has 0 spiro atoms. The summed E-state index contributed by atoms with van der Waals surface area (Å²) in [5.41, 5.74) is 2.90. The molecule has 0 bridgehead atoms. The smallest absolute Gasteiger partial charge is 0.135 e. The van der Waals surface area contributed by atoms with Crippen molar-refractivity contribution < 1.29 is 9.60 Å². The van der Waals surface area contributed by atoms with Gasteiger partial charge in [0.05, 0.1) is 11.4 Å². The van der Waals surface area contributed by atoms with Crippen LogP contribution in [0.2, 0.25) is 0 Å². The zero-order chi connectivity index (χ0) is 16.6. The molecule has 0 amide bonds. The van der Waals surface area contributed by atoms with Crippen LogP contribution >= 0.6 is 0 Å². The first-order chi connectivity index (χ1) is 10.8. The van der Waals surface area contributed by atoms with E-state index in [4.69, 9.17) is 0 Å². The van der Waals surface area contributed by atoms with Gasteiger partial charge in [-0.05, 0) is 36.4 Å². The highest BCUT2D eigenvalue weighted by molar-refractivity contribution is 6.22. The lowest BCUT2D eigenvalue weighted by molar-refractivity contribution is 0.0105. The average molecular weight is 311 g/mol. The van der Waals surface area contributed by atoms with E-state index in [0.29, 0.717) is 5.71 Å². The Balaban J connectivity index is 2.12. The van der Waals surface area contributed by atoms with Crippen molar-refractivity contribution in [3.63, 3.8) is 0 Å². The summed E-state index contributed by atoms with van der Waals surface area (Å²) in [6.07, 6.45) is 6.61. The van der Waals surface area contributed by atoms with Gasteiger partial charge in [0, 0.05) is 29.0 Å². The summed E-state index contributed by atoms with van der Waals surface area (Å²) < 4.78 is 13.2. The van der Waals surface area contributed by atoms with E-state index in [0.717, 1.165) is 27.7 Å². The number of hydroxylamine groups is 2. The highest BCUT2D eigenvalue weighted by atomic mass is 19.1. The van der Waals surface area contributed by atoms with Crippen LogP contribution in [0.25, 0.3) is 0 Å². The molecule has 3 rings (SSSR count). The van der Waals surface area contributed by atoms with Crippen molar-refractivity contribution in [2.24, 2.45) is 15.4 Å². The molecule has 1 aromatic rings. The van der Waals surface area contributed by atoms with Gasteiger partial charge in [0.25, 0.3) is 0 Å². The fraction of sp³-hybridized carbons (Fsp3) is 0.222. The Bertz CT molecular complexity index is 761. The van der Waals surface area contributed by atoms with Gasteiger partial charge >= 0.3 is 0 Å². The van der Waals surface area contributed by atoms with E-state index >= 15 is 0 Å². The van der Waals surface area contributed by atoms with Gasteiger partial charge in [0.1, 0.15) is 11.7 Å². The van der Waals surface area contributed by atoms with Gasteiger partial charge in [-0.25, -0.2) is 19.4 Å². The first-order valence-corrected chi connectivity index (χ1v) is 7.37. The minimum absolute atomic E-state index is 0.196. The second-order valence-corrected chi connectivity index (χ2v) is 6.47. The summed E-state index contributed by atoms with van der Waals surface area (Å²) in [7, 11) is 0. The van der Waals surface area contributed by atoms with Crippen LogP contribution in [0.3, 0.4) is 0 Å². The third-order valence-electron chi connectivity index (χ3n) is 3.54. The number of aliphatic imine (C=N–C) groups is 2. The van der Waals surface area contributed by atoms with Gasteiger partial charge < -0.3 is 0 Å². The van der Waals surface area contributed by atoms with Gasteiger partial charge in [-0.15, -0.1) is 0 Å². The molecule has 2 aliphatic heterocycles. The van der Waals surface area contributed by atoms with Gasteiger partial charge in [-0.3, -0.25) is 5.21 Å². The molecule has 1 N–H and O–H groups in total. The van der Waals surface area contributed by atoms with Crippen LogP contribution in [0, 0.1) is 11.2 Å². The van der Waals surface area contributed by atoms with E-state index in [9.17, 15) is 9.60 Å². The predicted molar refractivity (Wildman–Crippen MR) is 88.8 cm³/mol. The van der Waals surface area contributed by atoms with E-state index in [2.05, 4.69) is 9.98 Å². The number of amidine groups is 1. The van der Waals surface area contributed by atoms with Crippen LogP contribution in [0.5, 0.6) is 0 Å². The lowest BCUT2D eigenvalue weighted by Crippen LogP contribution is -2.16. The Kier molecular flexibility index (Phi) is 3.74. The quantitative estimate of drug-likeness (QED) is 0.850. The van der Waals surface area contributed by atoms with Crippen molar-refractivity contribution in [3.8, 4) is 0 Å². The fourth-order valence-electron chi connectivity index (χ4n) is 2.26. The lowest BCUT2D eigenvalue weighted by atomic mass is 9.95. The minimum Gasteiger partial charge on any atom is -0.285 e. The topological polar surface area (TPSA) is 48.2 Å². The van der Waals surface area contributed by atoms with Crippen LogP contribution in [-0.4, -0.2) is 21.8 Å². The van der Waals surface area contributed by atoms with Gasteiger partial charge in [-0.1, -0.05) is 20.8 Å². The Hall–Kier alpha value is -2.53.